The van der Waals surface area contributed by atoms with Crippen LogP contribution in [-0.2, 0) is 13.0 Å². The van der Waals surface area contributed by atoms with Crippen LogP contribution in [0.2, 0.25) is 0 Å². The Morgan fingerprint density at radius 2 is 1.88 bits per heavy atom. The van der Waals surface area contributed by atoms with Gasteiger partial charge < -0.3 is 5.73 Å². The van der Waals surface area contributed by atoms with Crippen LogP contribution in [-0.4, -0.2) is 9.78 Å². The zero-order valence-electron chi connectivity index (χ0n) is 12.7. The number of nitrogen functional groups attached to an aromatic ring is 1. The number of nitrogens with zero attached hydrogens (tertiary/aromatic N) is 3. The summed E-state index contributed by atoms with van der Waals surface area (Å²) < 4.78 is 16.3. The second-order valence-corrected chi connectivity index (χ2v) is 6.29. The lowest BCUT2D eigenvalue weighted by atomic mass is 10.1. The molecule has 0 atom stereocenters. The lowest BCUT2D eigenvalue weighted by Gasteiger charge is -2.05. The molecule has 3 rings (SSSR count). The number of nitrogens with two attached hydrogens (primary N) is 1. The van der Waals surface area contributed by atoms with Crippen LogP contribution in [0.4, 0.5) is 10.2 Å². The molecule has 4 nitrogen and oxygen atoms in total. The molecule has 0 saturated heterocycles. The van der Waals surface area contributed by atoms with E-state index in [2.05, 4.69) is 27.1 Å². The molecule has 0 fully saturated rings. The molecule has 6 heteroatoms. The van der Waals surface area contributed by atoms with Gasteiger partial charge in [0.1, 0.15) is 23.3 Å². The molecule has 0 amide bonds. The molecule has 0 radical (unpaired) electrons. The van der Waals surface area contributed by atoms with Gasteiger partial charge in [-0.3, -0.25) is 0 Å². The van der Waals surface area contributed by atoms with Gasteiger partial charge >= 0.3 is 0 Å². The number of nitriles is 1. The summed E-state index contributed by atoms with van der Waals surface area (Å²) >= 11 is 3.39. The zero-order valence-corrected chi connectivity index (χ0v) is 14.3. The molecule has 1 heterocycles. The summed E-state index contributed by atoms with van der Waals surface area (Å²) in [7, 11) is 0. The van der Waals surface area contributed by atoms with E-state index in [4.69, 9.17) is 5.73 Å². The average Bonchev–Trinajstić information content (AvgIpc) is 2.87. The highest BCUT2D eigenvalue weighted by Crippen LogP contribution is 2.21. The Balaban J connectivity index is 1.92. The fourth-order valence-corrected chi connectivity index (χ4v) is 2.74. The highest BCUT2D eigenvalue weighted by atomic mass is 79.9. The van der Waals surface area contributed by atoms with Gasteiger partial charge in [-0.1, -0.05) is 46.3 Å². The Morgan fingerprint density at radius 3 is 2.54 bits per heavy atom. The highest BCUT2D eigenvalue weighted by Gasteiger charge is 2.16. The van der Waals surface area contributed by atoms with E-state index in [1.54, 1.807) is 18.2 Å². The number of halogens is 2. The van der Waals surface area contributed by atoms with Gasteiger partial charge in [-0.15, -0.1) is 0 Å². The fraction of sp³-hybridized carbons (Fsp3) is 0.111. The van der Waals surface area contributed by atoms with Crippen LogP contribution in [0.5, 0.6) is 0 Å². The van der Waals surface area contributed by atoms with Gasteiger partial charge in [0, 0.05) is 16.5 Å². The van der Waals surface area contributed by atoms with Crippen molar-refractivity contribution in [3.05, 3.63) is 81.2 Å². The maximum atomic E-state index is 13.8. The van der Waals surface area contributed by atoms with Gasteiger partial charge in [-0.05, 0) is 23.8 Å². The van der Waals surface area contributed by atoms with Crippen LogP contribution in [0.3, 0.4) is 0 Å². The average molecular weight is 385 g/mol. The van der Waals surface area contributed by atoms with Crippen molar-refractivity contribution < 1.29 is 4.39 Å². The SMILES string of the molecule is N#Cc1c(Cc2ccc(Br)cc2)nn(Cc2ccccc2F)c1N. The van der Waals surface area contributed by atoms with Crippen molar-refractivity contribution in [3.8, 4) is 6.07 Å². The molecular weight excluding hydrogens is 371 g/mol. The monoisotopic (exact) mass is 384 g/mol. The van der Waals surface area contributed by atoms with Crippen molar-refractivity contribution in [2.75, 3.05) is 5.73 Å². The third-order valence-corrected chi connectivity index (χ3v) is 4.27. The minimum atomic E-state index is -0.319. The van der Waals surface area contributed by atoms with E-state index in [0.717, 1.165) is 10.0 Å². The summed E-state index contributed by atoms with van der Waals surface area (Å²) in [5.74, 6) is -0.0618. The van der Waals surface area contributed by atoms with E-state index < -0.39 is 0 Å². The first-order valence-electron chi connectivity index (χ1n) is 7.31. The van der Waals surface area contributed by atoms with Gasteiger partial charge in [-0.25, -0.2) is 9.07 Å². The van der Waals surface area contributed by atoms with E-state index in [9.17, 15) is 9.65 Å². The van der Waals surface area contributed by atoms with Crippen LogP contribution in [0.25, 0.3) is 0 Å². The molecule has 0 aliphatic carbocycles. The van der Waals surface area contributed by atoms with Crippen molar-refractivity contribution in [1.29, 1.82) is 5.26 Å². The molecule has 1 aromatic heterocycles. The standard InChI is InChI=1S/C18H14BrFN4/c19-14-7-5-12(6-8-14)9-17-15(10-21)18(22)24(23-17)11-13-3-1-2-4-16(13)20/h1-8H,9,11,22H2. The Labute approximate surface area is 147 Å². The molecule has 3 aromatic rings. The molecule has 2 aromatic carbocycles. The lowest BCUT2D eigenvalue weighted by molar-refractivity contribution is 0.586. The third kappa shape index (κ3) is 3.31. The maximum Gasteiger partial charge on any atom is 0.140 e. The van der Waals surface area contributed by atoms with Crippen LogP contribution >= 0.6 is 15.9 Å². The second-order valence-electron chi connectivity index (χ2n) is 5.37. The van der Waals surface area contributed by atoms with Crippen LogP contribution in [0.15, 0.2) is 53.0 Å². The van der Waals surface area contributed by atoms with Crippen molar-refractivity contribution in [2.24, 2.45) is 0 Å². The molecule has 24 heavy (non-hydrogen) atoms. The normalized spacial score (nSPS) is 10.5. The molecular formula is C18H14BrFN4. The topological polar surface area (TPSA) is 67.6 Å². The maximum absolute atomic E-state index is 13.8. The highest BCUT2D eigenvalue weighted by molar-refractivity contribution is 9.10. The van der Waals surface area contributed by atoms with Crippen LogP contribution < -0.4 is 5.73 Å². The van der Waals surface area contributed by atoms with Gasteiger partial charge in [0.15, 0.2) is 0 Å². The first-order valence-corrected chi connectivity index (χ1v) is 8.11. The molecule has 0 saturated carbocycles. The third-order valence-electron chi connectivity index (χ3n) is 3.74. The molecule has 0 bridgehead atoms. The van der Waals surface area contributed by atoms with Gasteiger partial charge in [-0.2, -0.15) is 10.4 Å². The van der Waals surface area contributed by atoms with Crippen LogP contribution in [0.1, 0.15) is 22.4 Å². The predicted molar refractivity (Wildman–Crippen MR) is 93.8 cm³/mol. The Morgan fingerprint density at radius 1 is 1.17 bits per heavy atom. The molecule has 2 N–H and O–H groups in total. The number of aromatic nitrogens is 2. The minimum absolute atomic E-state index is 0.188. The number of benzene rings is 2. The minimum Gasteiger partial charge on any atom is -0.383 e. The largest absolute Gasteiger partial charge is 0.383 e. The number of hydrogen-bond donors (Lipinski definition) is 1. The Kier molecular flexibility index (Phi) is 4.63. The molecule has 0 aliphatic heterocycles. The summed E-state index contributed by atoms with van der Waals surface area (Å²) in [6.07, 6.45) is 0.491. The number of rotatable bonds is 4. The molecule has 0 spiro atoms. The van der Waals surface area contributed by atoms with Gasteiger partial charge in [0.25, 0.3) is 0 Å². The first kappa shape index (κ1) is 16.2. The fourth-order valence-electron chi connectivity index (χ4n) is 2.48. The van der Waals surface area contributed by atoms with E-state index >= 15 is 0 Å². The number of hydrogen-bond acceptors (Lipinski definition) is 3. The molecule has 0 aliphatic rings. The van der Waals surface area contributed by atoms with Gasteiger partial charge in [0.2, 0.25) is 0 Å². The Bertz CT molecular complexity index is 910. The van der Waals surface area contributed by atoms with Crippen molar-refractivity contribution in [1.82, 2.24) is 9.78 Å². The molecule has 0 unspecified atom stereocenters. The predicted octanol–water partition coefficient (Wildman–Crippen LogP) is 3.88. The second kappa shape index (κ2) is 6.85. The summed E-state index contributed by atoms with van der Waals surface area (Å²) in [5, 5.41) is 13.8. The number of anilines is 1. The first-order chi connectivity index (χ1) is 11.6. The van der Waals surface area contributed by atoms with E-state index in [1.165, 1.54) is 10.7 Å². The van der Waals surface area contributed by atoms with Crippen molar-refractivity contribution in [2.45, 2.75) is 13.0 Å². The smallest absolute Gasteiger partial charge is 0.140 e. The summed E-state index contributed by atoms with van der Waals surface area (Å²) in [6.45, 7) is 0.188. The van der Waals surface area contributed by atoms with Gasteiger partial charge in [0.05, 0.1) is 12.2 Å². The van der Waals surface area contributed by atoms with Crippen molar-refractivity contribution in [3.63, 3.8) is 0 Å². The quantitative estimate of drug-likeness (QED) is 0.741. The lowest BCUT2D eigenvalue weighted by Crippen LogP contribution is -2.07. The molecule has 120 valence electrons. The summed E-state index contributed by atoms with van der Waals surface area (Å²) in [4.78, 5) is 0. The van der Waals surface area contributed by atoms with Crippen LogP contribution in [0, 0.1) is 17.1 Å². The summed E-state index contributed by atoms with van der Waals surface area (Å²) in [6, 6.07) is 16.3. The Hall–Kier alpha value is -2.65. The van der Waals surface area contributed by atoms with Crippen molar-refractivity contribution >= 4 is 21.7 Å². The van der Waals surface area contributed by atoms with E-state index in [-0.39, 0.29) is 18.2 Å². The summed E-state index contributed by atoms with van der Waals surface area (Å²) in [5.41, 5.74) is 8.47. The van der Waals surface area contributed by atoms with E-state index in [1.807, 2.05) is 24.3 Å². The zero-order chi connectivity index (χ0) is 17.1. The van der Waals surface area contributed by atoms with E-state index in [0.29, 0.717) is 23.2 Å².